The van der Waals surface area contributed by atoms with Crippen molar-refractivity contribution in [3.8, 4) is 5.75 Å². The molecule has 0 atom stereocenters. The Morgan fingerprint density at radius 1 is 1.31 bits per heavy atom. The average Bonchev–Trinajstić information content (AvgIpc) is 2.05. The summed E-state index contributed by atoms with van der Waals surface area (Å²) in [5, 5.41) is 9.79. The normalized spacial score (nSPS) is 10.1. The standard InChI is InChI=1S/C12H16O/c1-8(2)7-11-9(3)5-6-10(4)12(11)13/h5-6,13H,1,7H2,2-4H3. The maximum Gasteiger partial charge on any atom is 0.122 e. The molecule has 0 aromatic heterocycles. The molecule has 70 valence electrons. The Morgan fingerprint density at radius 2 is 1.85 bits per heavy atom. The summed E-state index contributed by atoms with van der Waals surface area (Å²) in [6, 6.07) is 3.97. The van der Waals surface area contributed by atoms with E-state index < -0.39 is 0 Å². The van der Waals surface area contributed by atoms with Crippen LogP contribution >= 0.6 is 0 Å². The summed E-state index contributed by atoms with van der Waals surface area (Å²) in [7, 11) is 0. The van der Waals surface area contributed by atoms with Crippen LogP contribution in [-0.2, 0) is 6.42 Å². The molecule has 0 heterocycles. The number of hydrogen-bond donors (Lipinski definition) is 1. The molecule has 0 fully saturated rings. The summed E-state index contributed by atoms with van der Waals surface area (Å²) < 4.78 is 0. The van der Waals surface area contributed by atoms with Crippen molar-refractivity contribution in [2.24, 2.45) is 0 Å². The lowest BCUT2D eigenvalue weighted by molar-refractivity contribution is 0.464. The van der Waals surface area contributed by atoms with Crippen molar-refractivity contribution in [1.29, 1.82) is 0 Å². The second-order valence-corrected chi connectivity index (χ2v) is 3.66. The quantitative estimate of drug-likeness (QED) is 0.686. The van der Waals surface area contributed by atoms with Gasteiger partial charge in [0.2, 0.25) is 0 Å². The van der Waals surface area contributed by atoms with Gasteiger partial charge >= 0.3 is 0 Å². The number of aromatic hydroxyl groups is 1. The number of hydrogen-bond acceptors (Lipinski definition) is 1. The molecular weight excluding hydrogens is 160 g/mol. The summed E-state index contributed by atoms with van der Waals surface area (Å²) in [4.78, 5) is 0. The van der Waals surface area contributed by atoms with E-state index in [9.17, 15) is 5.11 Å². The van der Waals surface area contributed by atoms with Gasteiger partial charge in [-0.2, -0.15) is 0 Å². The van der Waals surface area contributed by atoms with Crippen molar-refractivity contribution in [2.75, 3.05) is 0 Å². The third-order valence-corrected chi connectivity index (χ3v) is 2.20. The fourth-order valence-electron chi connectivity index (χ4n) is 1.38. The fourth-order valence-corrected chi connectivity index (χ4v) is 1.38. The van der Waals surface area contributed by atoms with E-state index in [0.29, 0.717) is 5.75 Å². The Bertz CT molecular complexity index is 337. The van der Waals surface area contributed by atoms with E-state index in [1.807, 2.05) is 32.9 Å². The molecule has 0 aliphatic carbocycles. The van der Waals surface area contributed by atoms with E-state index >= 15 is 0 Å². The van der Waals surface area contributed by atoms with Crippen LogP contribution in [0.5, 0.6) is 5.75 Å². The lowest BCUT2D eigenvalue weighted by atomic mass is 9.98. The van der Waals surface area contributed by atoms with Gasteiger partial charge in [0.15, 0.2) is 0 Å². The molecule has 0 radical (unpaired) electrons. The summed E-state index contributed by atoms with van der Waals surface area (Å²) in [6.07, 6.45) is 0.763. The Labute approximate surface area is 79.7 Å². The number of rotatable bonds is 2. The predicted molar refractivity (Wildman–Crippen MR) is 56.1 cm³/mol. The molecule has 0 spiro atoms. The zero-order valence-corrected chi connectivity index (χ0v) is 8.52. The highest BCUT2D eigenvalue weighted by atomic mass is 16.3. The topological polar surface area (TPSA) is 20.2 Å². The summed E-state index contributed by atoms with van der Waals surface area (Å²) in [5.74, 6) is 0.419. The van der Waals surface area contributed by atoms with Crippen LogP contribution in [0, 0.1) is 13.8 Å². The number of phenolic OH excluding ortho intramolecular Hbond substituents is 1. The smallest absolute Gasteiger partial charge is 0.122 e. The molecule has 0 aliphatic heterocycles. The molecule has 1 nitrogen and oxygen atoms in total. The van der Waals surface area contributed by atoms with Gasteiger partial charge in [0, 0.05) is 5.56 Å². The first-order valence-electron chi connectivity index (χ1n) is 4.44. The Morgan fingerprint density at radius 3 is 2.38 bits per heavy atom. The van der Waals surface area contributed by atoms with Crippen LogP contribution in [-0.4, -0.2) is 5.11 Å². The highest BCUT2D eigenvalue weighted by Crippen LogP contribution is 2.26. The number of aryl methyl sites for hydroxylation is 2. The molecule has 1 aromatic carbocycles. The highest BCUT2D eigenvalue weighted by molar-refractivity contribution is 5.45. The zero-order chi connectivity index (χ0) is 10.0. The van der Waals surface area contributed by atoms with E-state index in [1.54, 1.807) is 0 Å². The summed E-state index contributed by atoms with van der Waals surface area (Å²) in [5.41, 5.74) is 4.14. The van der Waals surface area contributed by atoms with Crippen LogP contribution in [0.1, 0.15) is 23.6 Å². The van der Waals surface area contributed by atoms with Crippen molar-refractivity contribution >= 4 is 0 Å². The van der Waals surface area contributed by atoms with Gasteiger partial charge in [0.05, 0.1) is 0 Å². The van der Waals surface area contributed by atoms with Crippen LogP contribution in [0.3, 0.4) is 0 Å². The first-order valence-corrected chi connectivity index (χ1v) is 4.44. The van der Waals surface area contributed by atoms with Gasteiger partial charge in [0.1, 0.15) is 5.75 Å². The molecule has 1 N–H and O–H groups in total. The van der Waals surface area contributed by atoms with Crippen LogP contribution in [0.2, 0.25) is 0 Å². The largest absolute Gasteiger partial charge is 0.507 e. The third-order valence-electron chi connectivity index (χ3n) is 2.20. The summed E-state index contributed by atoms with van der Waals surface area (Å²) >= 11 is 0. The van der Waals surface area contributed by atoms with Crippen molar-refractivity contribution in [2.45, 2.75) is 27.2 Å². The monoisotopic (exact) mass is 176 g/mol. The fraction of sp³-hybridized carbons (Fsp3) is 0.333. The van der Waals surface area contributed by atoms with Gasteiger partial charge in [-0.1, -0.05) is 24.3 Å². The van der Waals surface area contributed by atoms with Gasteiger partial charge in [-0.25, -0.2) is 0 Å². The predicted octanol–water partition coefficient (Wildman–Crippen LogP) is 3.13. The van der Waals surface area contributed by atoms with E-state index in [1.165, 1.54) is 0 Å². The first-order chi connectivity index (χ1) is 6.02. The van der Waals surface area contributed by atoms with Crippen molar-refractivity contribution < 1.29 is 5.11 Å². The van der Waals surface area contributed by atoms with Gasteiger partial charge in [-0.05, 0) is 38.3 Å². The molecule has 0 unspecified atom stereocenters. The number of allylic oxidation sites excluding steroid dienone is 1. The Balaban J connectivity index is 3.17. The maximum absolute atomic E-state index is 9.79. The molecular formula is C12H16O. The SMILES string of the molecule is C=C(C)Cc1c(C)ccc(C)c1O. The lowest BCUT2D eigenvalue weighted by Gasteiger charge is -2.10. The molecule has 1 rings (SSSR count). The lowest BCUT2D eigenvalue weighted by Crippen LogP contribution is -1.92. The molecule has 13 heavy (non-hydrogen) atoms. The third kappa shape index (κ3) is 2.11. The Hall–Kier alpha value is -1.24. The highest BCUT2D eigenvalue weighted by Gasteiger charge is 2.06. The molecule has 0 amide bonds. The van der Waals surface area contributed by atoms with E-state index in [0.717, 1.165) is 28.7 Å². The van der Waals surface area contributed by atoms with Crippen molar-refractivity contribution in [3.05, 3.63) is 41.0 Å². The van der Waals surface area contributed by atoms with Crippen LogP contribution < -0.4 is 0 Å². The minimum atomic E-state index is 0.419. The minimum Gasteiger partial charge on any atom is -0.507 e. The molecule has 0 bridgehead atoms. The second kappa shape index (κ2) is 3.65. The van der Waals surface area contributed by atoms with E-state index in [-0.39, 0.29) is 0 Å². The van der Waals surface area contributed by atoms with Crippen LogP contribution in [0.25, 0.3) is 0 Å². The van der Waals surface area contributed by atoms with Gasteiger partial charge in [0.25, 0.3) is 0 Å². The first kappa shape index (κ1) is 9.85. The number of phenols is 1. The number of benzene rings is 1. The van der Waals surface area contributed by atoms with Gasteiger partial charge < -0.3 is 5.11 Å². The summed E-state index contributed by atoms with van der Waals surface area (Å²) in [6.45, 7) is 9.75. The zero-order valence-electron chi connectivity index (χ0n) is 8.52. The molecule has 0 aliphatic rings. The van der Waals surface area contributed by atoms with Gasteiger partial charge in [-0.3, -0.25) is 0 Å². The molecule has 0 saturated carbocycles. The molecule has 0 saturated heterocycles. The average molecular weight is 176 g/mol. The minimum absolute atomic E-state index is 0.419. The van der Waals surface area contributed by atoms with Crippen molar-refractivity contribution in [3.63, 3.8) is 0 Å². The van der Waals surface area contributed by atoms with E-state index in [4.69, 9.17) is 0 Å². The second-order valence-electron chi connectivity index (χ2n) is 3.66. The maximum atomic E-state index is 9.79. The molecule has 1 heteroatoms. The van der Waals surface area contributed by atoms with Crippen LogP contribution in [0.4, 0.5) is 0 Å². The van der Waals surface area contributed by atoms with Gasteiger partial charge in [-0.15, -0.1) is 0 Å². The Kier molecular flexibility index (Phi) is 2.76. The van der Waals surface area contributed by atoms with Crippen molar-refractivity contribution in [1.82, 2.24) is 0 Å². The van der Waals surface area contributed by atoms with E-state index in [2.05, 4.69) is 6.58 Å². The molecule has 1 aromatic rings. The van der Waals surface area contributed by atoms with Crippen LogP contribution in [0.15, 0.2) is 24.3 Å².